The summed E-state index contributed by atoms with van der Waals surface area (Å²) < 4.78 is 28.0. The van der Waals surface area contributed by atoms with E-state index in [-0.39, 0.29) is 12.1 Å². The van der Waals surface area contributed by atoms with Crippen molar-refractivity contribution >= 4 is 0 Å². The monoisotopic (exact) mass is 423 g/mol. The number of aryl methyl sites for hydroxylation is 1. The van der Waals surface area contributed by atoms with Crippen molar-refractivity contribution < 1.29 is 23.7 Å². The Labute approximate surface area is 181 Å². The van der Waals surface area contributed by atoms with Crippen LogP contribution in [-0.2, 0) is 16.1 Å². The first-order valence-electron chi connectivity index (χ1n) is 10.1. The molecule has 2 aromatic heterocycles. The van der Waals surface area contributed by atoms with Crippen molar-refractivity contribution in [3.8, 4) is 28.9 Å². The third-order valence-corrected chi connectivity index (χ3v) is 4.76. The SMILES string of the molecule is COc1cc(-c2ccc(OCc3ccccn3)cc2C)nc(OC[C@H]2COCCO2)n1. The summed E-state index contributed by atoms with van der Waals surface area (Å²) in [5.74, 6) is 1.19. The zero-order valence-corrected chi connectivity index (χ0v) is 17.6. The largest absolute Gasteiger partial charge is 0.487 e. The number of methoxy groups -OCH3 is 1. The second-order valence-electron chi connectivity index (χ2n) is 7.04. The zero-order valence-electron chi connectivity index (χ0n) is 17.6. The summed E-state index contributed by atoms with van der Waals surface area (Å²) in [6.07, 6.45) is 1.62. The highest BCUT2D eigenvalue weighted by molar-refractivity contribution is 5.65. The number of ether oxygens (including phenoxy) is 5. The summed E-state index contributed by atoms with van der Waals surface area (Å²) in [6, 6.07) is 13.6. The molecule has 0 radical (unpaired) electrons. The summed E-state index contributed by atoms with van der Waals surface area (Å²) in [6.45, 7) is 4.39. The Morgan fingerprint density at radius 2 is 2.00 bits per heavy atom. The molecule has 8 heteroatoms. The average molecular weight is 423 g/mol. The number of nitrogens with zero attached hydrogens (tertiary/aromatic N) is 3. The van der Waals surface area contributed by atoms with Crippen molar-refractivity contribution in [1.29, 1.82) is 0 Å². The van der Waals surface area contributed by atoms with E-state index >= 15 is 0 Å². The Kier molecular flexibility index (Phi) is 6.91. The minimum Gasteiger partial charge on any atom is -0.487 e. The van der Waals surface area contributed by atoms with E-state index in [0.717, 1.165) is 22.6 Å². The molecule has 1 saturated heterocycles. The van der Waals surface area contributed by atoms with Gasteiger partial charge in [0.25, 0.3) is 0 Å². The van der Waals surface area contributed by atoms with Crippen molar-refractivity contribution in [2.75, 3.05) is 33.5 Å². The average Bonchev–Trinajstić information content (AvgIpc) is 2.82. The predicted molar refractivity (Wildman–Crippen MR) is 113 cm³/mol. The summed E-state index contributed by atoms with van der Waals surface area (Å²) in [7, 11) is 1.56. The quantitative estimate of drug-likeness (QED) is 0.546. The van der Waals surface area contributed by atoms with E-state index in [1.54, 1.807) is 19.4 Å². The maximum atomic E-state index is 5.87. The zero-order chi connectivity index (χ0) is 21.5. The van der Waals surface area contributed by atoms with Crippen LogP contribution in [-0.4, -0.2) is 54.6 Å². The predicted octanol–water partition coefficient (Wildman–Crippen LogP) is 3.23. The lowest BCUT2D eigenvalue weighted by Gasteiger charge is -2.22. The Morgan fingerprint density at radius 3 is 2.74 bits per heavy atom. The van der Waals surface area contributed by atoms with Crippen LogP contribution in [0.2, 0.25) is 0 Å². The number of benzene rings is 1. The molecule has 1 aromatic carbocycles. The summed E-state index contributed by atoms with van der Waals surface area (Å²) in [4.78, 5) is 13.1. The van der Waals surface area contributed by atoms with Crippen LogP contribution in [0.25, 0.3) is 11.3 Å². The van der Waals surface area contributed by atoms with E-state index in [9.17, 15) is 0 Å². The second kappa shape index (κ2) is 10.2. The van der Waals surface area contributed by atoms with Crippen LogP contribution in [0.3, 0.4) is 0 Å². The Bertz CT molecular complexity index is 994. The minimum absolute atomic E-state index is 0.135. The van der Waals surface area contributed by atoms with Crippen LogP contribution in [0.4, 0.5) is 0 Å². The van der Waals surface area contributed by atoms with Gasteiger partial charge >= 0.3 is 6.01 Å². The molecule has 31 heavy (non-hydrogen) atoms. The molecule has 1 aliphatic heterocycles. The van der Waals surface area contributed by atoms with E-state index in [4.69, 9.17) is 23.7 Å². The van der Waals surface area contributed by atoms with Crippen LogP contribution in [0.5, 0.6) is 17.6 Å². The minimum atomic E-state index is -0.135. The number of rotatable bonds is 8. The Hall–Kier alpha value is -3.23. The number of pyridine rings is 1. The van der Waals surface area contributed by atoms with E-state index in [0.29, 0.717) is 44.6 Å². The van der Waals surface area contributed by atoms with Crippen molar-refractivity contribution in [1.82, 2.24) is 15.0 Å². The van der Waals surface area contributed by atoms with Gasteiger partial charge in [-0.15, -0.1) is 0 Å². The number of hydrogen-bond acceptors (Lipinski definition) is 8. The van der Waals surface area contributed by atoms with Gasteiger partial charge in [0.15, 0.2) is 0 Å². The molecular weight excluding hydrogens is 398 g/mol. The van der Waals surface area contributed by atoms with Crippen molar-refractivity contribution in [2.24, 2.45) is 0 Å². The molecule has 1 atom stereocenters. The van der Waals surface area contributed by atoms with Crippen LogP contribution >= 0.6 is 0 Å². The standard InChI is InChI=1S/C23H25N3O5/c1-16-11-18(30-13-17-5-3-4-8-24-17)6-7-20(16)21-12-22(27-2)26-23(25-21)31-15-19-14-28-9-10-29-19/h3-8,11-12,19H,9-10,13-15H2,1-2H3/t19-/m1/s1. The van der Waals surface area contributed by atoms with E-state index in [2.05, 4.69) is 15.0 Å². The third-order valence-electron chi connectivity index (χ3n) is 4.76. The van der Waals surface area contributed by atoms with Crippen LogP contribution in [0.15, 0.2) is 48.7 Å². The van der Waals surface area contributed by atoms with Crippen molar-refractivity contribution in [2.45, 2.75) is 19.6 Å². The molecule has 0 amide bonds. The first-order chi connectivity index (χ1) is 15.2. The maximum Gasteiger partial charge on any atom is 0.320 e. The van der Waals surface area contributed by atoms with Gasteiger partial charge in [-0.05, 0) is 42.8 Å². The molecule has 0 spiro atoms. The highest BCUT2D eigenvalue weighted by Gasteiger charge is 2.17. The van der Waals surface area contributed by atoms with Crippen LogP contribution in [0, 0.1) is 6.92 Å². The molecule has 8 nitrogen and oxygen atoms in total. The fourth-order valence-electron chi connectivity index (χ4n) is 3.17. The lowest BCUT2D eigenvalue weighted by molar-refractivity contribution is -0.102. The normalized spacial score (nSPS) is 16.0. The molecule has 1 fully saturated rings. The Morgan fingerprint density at radius 1 is 1.06 bits per heavy atom. The molecule has 0 unspecified atom stereocenters. The van der Waals surface area contributed by atoms with Gasteiger partial charge in [-0.2, -0.15) is 9.97 Å². The topological polar surface area (TPSA) is 84.8 Å². The number of aromatic nitrogens is 3. The molecular formula is C23H25N3O5. The highest BCUT2D eigenvalue weighted by Crippen LogP contribution is 2.29. The molecule has 162 valence electrons. The summed E-state index contributed by atoms with van der Waals surface area (Å²) in [5.41, 5.74) is 3.53. The van der Waals surface area contributed by atoms with Gasteiger partial charge in [-0.25, -0.2) is 0 Å². The smallest absolute Gasteiger partial charge is 0.320 e. The molecule has 0 aliphatic carbocycles. The van der Waals surface area contributed by atoms with E-state index in [1.165, 1.54) is 0 Å². The summed E-state index contributed by atoms with van der Waals surface area (Å²) >= 11 is 0. The van der Waals surface area contributed by atoms with Gasteiger partial charge in [-0.1, -0.05) is 6.07 Å². The molecule has 0 N–H and O–H groups in total. The molecule has 1 aliphatic rings. The first-order valence-corrected chi connectivity index (χ1v) is 10.1. The fourth-order valence-corrected chi connectivity index (χ4v) is 3.17. The molecule has 0 saturated carbocycles. The first kappa shape index (κ1) is 21.0. The van der Waals surface area contributed by atoms with E-state index in [1.807, 2.05) is 43.3 Å². The van der Waals surface area contributed by atoms with Gasteiger partial charge in [0.1, 0.15) is 25.1 Å². The van der Waals surface area contributed by atoms with Gasteiger partial charge in [0.2, 0.25) is 5.88 Å². The number of hydrogen-bond donors (Lipinski definition) is 0. The summed E-state index contributed by atoms with van der Waals surface area (Å²) in [5, 5.41) is 0. The van der Waals surface area contributed by atoms with E-state index < -0.39 is 0 Å². The molecule has 4 rings (SSSR count). The van der Waals surface area contributed by atoms with Crippen LogP contribution in [0.1, 0.15) is 11.3 Å². The third kappa shape index (κ3) is 5.68. The van der Waals surface area contributed by atoms with Gasteiger partial charge in [-0.3, -0.25) is 4.98 Å². The fraction of sp³-hybridized carbons (Fsp3) is 0.348. The van der Waals surface area contributed by atoms with Gasteiger partial charge in [0, 0.05) is 17.8 Å². The lowest BCUT2D eigenvalue weighted by atomic mass is 10.1. The van der Waals surface area contributed by atoms with Crippen molar-refractivity contribution in [3.05, 3.63) is 59.9 Å². The van der Waals surface area contributed by atoms with Gasteiger partial charge in [0.05, 0.1) is 38.3 Å². The second-order valence-corrected chi connectivity index (χ2v) is 7.04. The van der Waals surface area contributed by atoms with Crippen molar-refractivity contribution in [3.63, 3.8) is 0 Å². The Balaban J connectivity index is 1.48. The molecule has 3 aromatic rings. The van der Waals surface area contributed by atoms with Gasteiger partial charge < -0.3 is 23.7 Å². The molecule has 3 heterocycles. The molecule has 0 bridgehead atoms. The highest BCUT2D eigenvalue weighted by atomic mass is 16.6. The maximum absolute atomic E-state index is 5.87. The lowest BCUT2D eigenvalue weighted by Crippen LogP contribution is -2.33. The van der Waals surface area contributed by atoms with Crippen LogP contribution < -0.4 is 14.2 Å².